The smallest absolute Gasteiger partial charge is 0.246 e. The minimum Gasteiger partial charge on any atom is -0.396 e. The van der Waals surface area contributed by atoms with Crippen LogP contribution in [0, 0.1) is 19.8 Å². The Bertz CT molecular complexity index is 529. The SMILES string of the molecule is Cc1nn(C)c(C)c1S(=O)(=O)N1CC(CO)C1. The van der Waals surface area contributed by atoms with E-state index < -0.39 is 10.0 Å². The summed E-state index contributed by atoms with van der Waals surface area (Å²) in [5.74, 6) is 0.0714. The maximum Gasteiger partial charge on any atom is 0.246 e. The van der Waals surface area contributed by atoms with Crippen molar-refractivity contribution in [2.45, 2.75) is 18.7 Å². The van der Waals surface area contributed by atoms with Gasteiger partial charge in [-0.3, -0.25) is 4.68 Å². The molecule has 0 saturated carbocycles. The average molecular weight is 259 g/mol. The fraction of sp³-hybridized carbons (Fsp3) is 0.700. The first-order valence-corrected chi connectivity index (χ1v) is 6.93. The van der Waals surface area contributed by atoms with Crippen LogP contribution in [0.1, 0.15) is 11.4 Å². The molecule has 0 unspecified atom stereocenters. The second-order valence-corrected chi connectivity index (χ2v) is 6.37. The van der Waals surface area contributed by atoms with Gasteiger partial charge in [0.25, 0.3) is 0 Å². The van der Waals surface area contributed by atoms with Crippen LogP contribution in [0.3, 0.4) is 0 Å². The molecule has 1 saturated heterocycles. The molecule has 0 bridgehead atoms. The number of aliphatic hydroxyl groups is 1. The lowest BCUT2D eigenvalue weighted by Gasteiger charge is -2.36. The lowest BCUT2D eigenvalue weighted by Crippen LogP contribution is -2.51. The molecule has 6 nitrogen and oxygen atoms in total. The van der Waals surface area contributed by atoms with Gasteiger partial charge < -0.3 is 5.11 Å². The second-order valence-electron chi connectivity index (χ2n) is 4.49. The molecule has 1 aliphatic rings. The Balaban J connectivity index is 2.33. The molecule has 1 aromatic rings. The third kappa shape index (κ3) is 1.88. The van der Waals surface area contributed by atoms with E-state index in [0.717, 1.165) is 0 Å². The van der Waals surface area contributed by atoms with Crippen LogP contribution in [0.5, 0.6) is 0 Å². The molecule has 2 rings (SSSR count). The van der Waals surface area contributed by atoms with Crippen molar-refractivity contribution in [2.24, 2.45) is 13.0 Å². The van der Waals surface area contributed by atoms with Crippen molar-refractivity contribution in [3.63, 3.8) is 0 Å². The monoisotopic (exact) mass is 259 g/mol. The fourth-order valence-electron chi connectivity index (χ4n) is 2.09. The van der Waals surface area contributed by atoms with E-state index in [4.69, 9.17) is 5.11 Å². The number of sulfonamides is 1. The van der Waals surface area contributed by atoms with Crippen molar-refractivity contribution in [3.8, 4) is 0 Å². The van der Waals surface area contributed by atoms with Crippen LogP contribution in [-0.4, -0.2) is 47.3 Å². The molecule has 0 aromatic carbocycles. The summed E-state index contributed by atoms with van der Waals surface area (Å²) in [5.41, 5.74) is 1.17. The molecule has 17 heavy (non-hydrogen) atoms. The zero-order valence-corrected chi connectivity index (χ0v) is 11.0. The Kier molecular flexibility index (Phi) is 3.01. The van der Waals surface area contributed by atoms with E-state index in [1.165, 1.54) is 4.31 Å². The van der Waals surface area contributed by atoms with Crippen molar-refractivity contribution < 1.29 is 13.5 Å². The van der Waals surface area contributed by atoms with Gasteiger partial charge in [0.15, 0.2) is 0 Å². The highest BCUT2D eigenvalue weighted by Gasteiger charge is 2.38. The van der Waals surface area contributed by atoms with Crippen LogP contribution in [0.2, 0.25) is 0 Å². The summed E-state index contributed by atoms with van der Waals surface area (Å²) in [7, 11) is -1.72. The maximum absolute atomic E-state index is 12.3. The Hall–Kier alpha value is -0.920. The topological polar surface area (TPSA) is 75.4 Å². The molecule has 7 heteroatoms. The van der Waals surface area contributed by atoms with E-state index >= 15 is 0 Å². The van der Waals surface area contributed by atoms with Gasteiger partial charge in [-0.25, -0.2) is 8.42 Å². The van der Waals surface area contributed by atoms with Gasteiger partial charge in [0.1, 0.15) is 4.90 Å². The van der Waals surface area contributed by atoms with E-state index in [9.17, 15) is 8.42 Å². The molecule has 0 spiro atoms. The first-order chi connectivity index (χ1) is 7.87. The summed E-state index contributed by atoms with van der Waals surface area (Å²) in [6.07, 6.45) is 0. The molecule has 0 aliphatic carbocycles. The van der Waals surface area contributed by atoms with Crippen molar-refractivity contribution >= 4 is 10.0 Å². The normalized spacial score (nSPS) is 18.4. The van der Waals surface area contributed by atoms with Gasteiger partial charge in [-0.1, -0.05) is 0 Å². The Morgan fingerprint density at radius 2 is 2.00 bits per heavy atom. The number of hydrogen-bond acceptors (Lipinski definition) is 4. The number of aliphatic hydroxyl groups excluding tert-OH is 1. The summed E-state index contributed by atoms with van der Waals surface area (Å²) in [4.78, 5) is 0.302. The number of nitrogens with zero attached hydrogens (tertiary/aromatic N) is 3. The third-order valence-electron chi connectivity index (χ3n) is 3.22. The Morgan fingerprint density at radius 3 is 2.41 bits per heavy atom. The van der Waals surface area contributed by atoms with Gasteiger partial charge in [-0.15, -0.1) is 0 Å². The number of aryl methyl sites for hydroxylation is 2. The first kappa shape index (κ1) is 12.5. The van der Waals surface area contributed by atoms with Crippen LogP contribution < -0.4 is 0 Å². The highest BCUT2D eigenvalue weighted by molar-refractivity contribution is 7.89. The maximum atomic E-state index is 12.3. The molecule has 1 aliphatic heterocycles. The molecular weight excluding hydrogens is 242 g/mol. The minimum atomic E-state index is -3.45. The molecule has 96 valence electrons. The van der Waals surface area contributed by atoms with Crippen LogP contribution >= 0.6 is 0 Å². The molecule has 1 aromatic heterocycles. The van der Waals surface area contributed by atoms with E-state index in [2.05, 4.69) is 5.10 Å². The standard InChI is InChI=1S/C10H17N3O3S/c1-7-10(8(2)12(3)11-7)17(15,16)13-4-9(5-13)6-14/h9,14H,4-6H2,1-3H3. The van der Waals surface area contributed by atoms with Crippen LogP contribution in [0.4, 0.5) is 0 Å². The van der Waals surface area contributed by atoms with Crippen LogP contribution in [0.25, 0.3) is 0 Å². The zero-order valence-electron chi connectivity index (χ0n) is 10.2. The predicted octanol–water partition coefficient (Wildman–Crippen LogP) is -0.350. The van der Waals surface area contributed by atoms with Gasteiger partial charge in [0.2, 0.25) is 10.0 Å². The van der Waals surface area contributed by atoms with Gasteiger partial charge in [0, 0.05) is 32.7 Å². The summed E-state index contributed by atoms with van der Waals surface area (Å²) in [6.45, 7) is 4.27. The average Bonchev–Trinajstić information content (AvgIpc) is 2.38. The van der Waals surface area contributed by atoms with Crippen LogP contribution in [0.15, 0.2) is 4.90 Å². The fourth-order valence-corrected chi connectivity index (χ4v) is 4.08. The third-order valence-corrected chi connectivity index (χ3v) is 5.31. The highest BCUT2D eigenvalue weighted by Crippen LogP contribution is 2.28. The van der Waals surface area contributed by atoms with E-state index in [1.54, 1.807) is 25.6 Å². The van der Waals surface area contributed by atoms with Gasteiger partial charge >= 0.3 is 0 Å². The zero-order chi connectivity index (χ0) is 12.8. The lowest BCUT2D eigenvalue weighted by molar-refractivity contribution is 0.117. The molecule has 0 radical (unpaired) electrons. The van der Waals surface area contributed by atoms with E-state index in [-0.39, 0.29) is 12.5 Å². The highest BCUT2D eigenvalue weighted by atomic mass is 32.2. The molecular formula is C10H17N3O3S. The van der Waals surface area contributed by atoms with Crippen LogP contribution in [-0.2, 0) is 17.1 Å². The summed E-state index contributed by atoms with van der Waals surface area (Å²) in [5, 5.41) is 13.0. The Labute approximate surface area is 101 Å². The predicted molar refractivity (Wildman–Crippen MR) is 62.0 cm³/mol. The number of hydrogen-bond donors (Lipinski definition) is 1. The van der Waals surface area contributed by atoms with Gasteiger partial charge in [-0.2, -0.15) is 9.40 Å². The van der Waals surface area contributed by atoms with Crippen molar-refractivity contribution in [1.82, 2.24) is 14.1 Å². The van der Waals surface area contributed by atoms with E-state index in [1.807, 2.05) is 0 Å². The van der Waals surface area contributed by atoms with Gasteiger partial charge in [0.05, 0.1) is 11.4 Å². The lowest BCUT2D eigenvalue weighted by atomic mass is 10.1. The second kappa shape index (κ2) is 4.08. The van der Waals surface area contributed by atoms with Gasteiger partial charge in [-0.05, 0) is 13.8 Å². The quantitative estimate of drug-likeness (QED) is 0.805. The largest absolute Gasteiger partial charge is 0.396 e. The summed E-state index contributed by atoms with van der Waals surface area (Å²) >= 11 is 0. The van der Waals surface area contributed by atoms with Crippen molar-refractivity contribution in [3.05, 3.63) is 11.4 Å². The van der Waals surface area contributed by atoms with Crippen molar-refractivity contribution in [1.29, 1.82) is 0 Å². The van der Waals surface area contributed by atoms with E-state index in [0.29, 0.717) is 29.4 Å². The summed E-state index contributed by atoms with van der Waals surface area (Å²) in [6, 6.07) is 0. The molecule has 0 amide bonds. The minimum absolute atomic E-state index is 0.0387. The first-order valence-electron chi connectivity index (χ1n) is 5.49. The Morgan fingerprint density at radius 1 is 1.41 bits per heavy atom. The summed E-state index contributed by atoms with van der Waals surface area (Å²) < 4.78 is 27.6. The molecule has 0 atom stereocenters. The van der Waals surface area contributed by atoms with Crippen molar-refractivity contribution in [2.75, 3.05) is 19.7 Å². The molecule has 2 heterocycles. The molecule has 1 fully saturated rings. The number of aromatic nitrogens is 2. The number of rotatable bonds is 3. The molecule has 1 N–H and O–H groups in total.